The molecular formula is C14H21N5OS. The molecule has 2 aromatic heterocycles. The summed E-state index contributed by atoms with van der Waals surface area (Å²) in [5.41, 5.74) is 1.12. The Hall–Kier alpha value is -1.89. The highest BCUT2D eigenvalue weighted by atomic mass is 32.1. The SMILES string of the molecule is Cc1cnc(C(C)CNC(=O)NCCc2cnn(C)c2)s1. The fraction of sp³-hybridized carbons (Fsp3) is 0.500. The van der Waals surface area contributed by atoms with Gasteiger partial charge in [-0.3, -0.25) is 4.68 Å². The molecule has 7 heteroatoms. The van der Waals surface area contributed by atoms with E-state index in [4.69, 9.17) is 0 Å². The molecule has 0 saturated carbocycles. The van der Waals surface area contributed by atoms with Gasteiger partial charge in [-0.15, -0.1) is 11.3 Å². The number of aryl methyl sites for hydroxylation is 2. The maximum atomic E-state index is 11.7. The molecule has 1 atom stereocenters. The van der Waals surface area contributed by atoms with Crippen LogP contribution in [0.4, 0.5) is 4.79 Å². The lowest BCUT2D eigenvalue weighted by atomic mass is 10.2. The van der Waals surface area contributed by atoms with Gasteiger partial charge in [-0.05, 0) is 18.9 Å². The molecule has 21 heavy (non-hydrogen) atoms. The van der Waals surface area contributed by atoms with Crippen molar-refractivity contribution in [3.8, 4) is 0 Å². The summed E-state index contributed by atoms with van der Waals surface area (Å²) in [4.78, 5) is 17.2. The zero-order chi connectivity index (χ0) is 15.2. The number of carbonyl (C=O) groups is 1. The molecule has 0 aliphatic heterocycles. The Morgan fingerprint density at radius 2 is 2.24 bits per heavy atom. The van der Waals surface area contributed by atoms with Gasteiger partial charge < -0.3 is 10.6 Å². The van der Waals surface area contributed by atoms with Crippen LogP contribution >= 0.6 is 11.3 Å². The van der Waals surface area contributed by atoms with E-state index in [0.29, 0.717) is 13.1 Å². The zero-order valence-corrected chi connectivity index (χ0v) is 13.4. The zero-order valence-electron chi connectivity index (χ0n) is 12.6. The van der Waals surface area contributed by atoms with Gasteiger partial charge in [0.25, 0.3) is 0 Å². The van der Waals surface area contributed by atoms with Crippen molar-refractivity contribution in [2.75, 3.05) is 13.1 Å². The molecule has 114 valence electrons. The minimum atomic E-state index is -0.140. The second-order valence-corrected chi connectivity index (χ2v) is 6.39. The predicted molar refractivity (Wildman–Crippen MR) is 83.6 cm³/mol. The van der Waals surface area contributed by atoms with Gasteiger partial charge in [0.15, 0.2) is 0 Å². The smallest absolute Gasteiger partial charge is 0.314 e. The second-order valence-electron chi connectivity index (χ2n) is 5.12. The Bertz CT molecular complexity index is 592. The Balaban J connectivity index is 1.65. The molecule has 2 heterocycles. The third-order valence-electron chi connectivity index (χ3n) is 3.09. The first-order valence-electron chi connectivity index (χ1n) is 6.96. The summed E-state index contributed by atoms with van der Waals surface area (Å²) in [6.45, 7) is 5.29. The highest BCUT2D eigenvalue weighted by Gasteiger charge is 2.10. The van der Waals surface area contributed by atoms with Crippen LogP contribution in [0, 0.1) is 6.92 Å². The van der Waals surface area contributed by atoms with Crippen molar-refractivity contribution < 1.29 is 4.79 Å². The monoisotopic (exact) mass is 307 g/mol. The number of urea groups is 1. The van der Waals surface area contributed by atoms with Crippen LogP contribution in [0.25, 0.3) is 0 Å². The number of nitrogens with one attached hydrogen (secondary N) is 2. The molecule has 0 saturated heterocycles. The van der Waals surface area contributed by atoms with E-state index < -0.39 is 0 Å². The fourth-order valence-electron chi connectivity index (χ4n) is 1.92. The van der Waals surface area contributed by atoms with Gasteiger partial charge >= 0.3 is 6.03 Å². The number of rotatable bonds is 6. The molecule has 2 rings (SSSR count). The third-order valence-corrected chi connectivity index (χ3v) is 4.23. The van der Waals surface area contributed by atoms with E-state index in [-0.39, 0.29) is 11.9 Å². The maximum absolute atomic E-state index is 11.7. The number of hydrogen-bond donors (Lipinski definition) is 2. The molecule has 2 N–H and O–H groups in total. The van der Waals surface area contributed by atoms with E-state index in [0.717, 1.165) is 17.0 Å². The van der Waals surface area contributed by atoms with Crippen LogP contribution in [-0.2, 0) is 13.5 Å². The first-order valence-corrected chi connectivity index (χ1v) is 7.78. The summed E-state index contributed by atoms with van der Waals surface area (Å²) in [7, 11) is 1.88. The average molecular weight is 307 g/mol. The molecule has 0 fully saturated rings. The summed E-state index contributed by atoms with van der Waals surface area (Å²) < 4.78 is 1.76. The van der Waals surface area contributed by atoms with Crippen molar-refractivity contribution in [2.45, 2.75) is 26.2 Å². The molecule has 1 unspecified atom stereocenters. The molecule has 0 radical (unpaired) electrons. The maximum Gasteiger partial charge on any atom is 0.314 e. The van der Waals surface area contributed by atoms with Crippen molar-refractivity contribution in [1.29, 1.82) is 0 Å². The Kier molecular flexibility index (Phi) is 5.32. The third kappa shape index (κ3) is 4.86. The van der Waals surface area contributed by atoms with Gasteiger partial charge in [0.2, 0.25) is 0 Å². The molecule has 2 amide bonds. The van der Waals surface area contributed by atoms with Crippen LogP contribution in [0.2, 0.25) is 0 Å². The van der Waals surface area contributed by atoms with Crippen LogP contribution in [0.5, 0.6) is 0 Å². The van der Waals surface area contributed by atoms with Crippen molar-refractivity contribution in [3.63, 3.8) is 0 Å². The number of thiazole rings is 1. The van der Waals surface area contributed by atoms with Crippen LogP contribution in [-0.4, -0.2) is 33.9 Å². The Morgan fingerprint density at radius 3 is 2.86 bits per heavy atom. The number of amides is 2. The summed E-state index contributed by atoms with van der Waals surface area (Å²) in [5.74, 6) is 0.229. The van der Waals surface area contributed by atoms with E-state index in [1.54, 1.807) is 16.0 Å². The quantitative estimate of drug-likeness (QED) is 0.855. The van der Waals surface area contributed by atoms with Gasteiger partial charge in [0.1, 0.15) is 0 Å². The van der Waals surface area contributed by atoms with E-state index in [2.05, 4.69) is 27.6 Å². The fourth-order valence-corrected chi connectivity index (χ4v) is 2.74. The van der Waals surface area contributed by atoms with Crippen LogP contribution in [0.1, 0.15) is 28.3 Å². The van der Waals surface area contributed by atoms with Crippen LogP contribution in [0.15, 0.2) is 18.6 Å². The van der Waals surface area contributed by atoms with Crippen LogP contribution < -0.4 is 10.6 Å². The Labute approximate surface area is 128 Å². The molecule has 0 spiro atoms. The normalized spacial score (nSPS) is 12.1. The first-order chi connectivity index (χ1) is 10.0. The molecule has 2 aromatic rings. The number of hydrogen-bond acceptors (Lipinski definition) is 4. The Morgan fingerprint density at radius 1 is 1.43 bits per heavy atom. The molecule has 0 aliphatic rings. The first kappa shape index (κ1) is 15.5. The molecular weight excluding hydrogens is 286 g/mol. The lowest BCUT2D eigenvalue weighted by Gasteiger charge is -2.11. The van der Waals surface area contributed by atoms with Gasteiger partial charge in [-0.2, -0.15) is 5.10 Å². The molecule has 0 aliphatic carbocycles. The predicted octanol–water partition coefficient (Wildman–Crippen LogP) is 1.83. The summed E-state index contributed by atoms with van der Waals surface area (Å²) >= 11 is 1.67. The van der Waals surface area contributed by atoms with E-state index in [1.807, 2.05) is 32.6 Å². The highest BCUT2D eigenvalue weighted by molar-refractivity contribution is 7.11. The topological polar surface area (TPSA) is 71.8 Å². The van der Waals surface area contributed by atoms with Crippen LogP contribution in [0.3, 0.4) is 0 Å². The van der Waals surface area contributed by atoms with E-state index in [1.165, 1.54) is 4.88 Å². The molecule has 0 bridgehead atoms. The van der Waals surface area contributed by atoms with Crippen molar-refractivity contribution >= 4 is 17.4 Å². The summed E-state index contributed by atoms with van der Waals surface area (Å²) in [6, 6.07) is -0.140. The lowest BCUT2D eigenvalue weighted by Crippen LogP contribution is -2.38. The lowest BCUT2D eigenvalue weighted by molar-refractivity contribution is 0.240. The summed E-state index contributed by atoms with van der Waals surface area (Å²) in [5, 5.41) is 10.9. The van der Waals surface area contributed by atoms with Crippen molar-refractivity contribution in [1.82, 2.24) is 25.4 Å². The minimum absolute atomic E-state index is 0.140. The summed E-state index contributed by atoms with van der Waals surface area (Å²) in [6.07, 6.45) is 6.41. The van der Waals surface area contributed by atoms with E-state index in [9.17, 15) is 4.79 Å². The number of carbonyl (C=O) groups excluding carboxylic acids is 1. The standard InChI is InChI=1S/C14H21N5OS/c1-10(13-16-7-11(2)21-13)6-17-14(20)15-5-4-12-8-18-19(3)9-12/h7-10H,4-6H2,1-3H3,(H2,15,17,20). The second kappa shape index (κ2) is 7.21. The van der Waals surface area contributed by atoms with Gasteiger partial charge in [0.05, 0.1) is 11.2 Å². The number of aromatic nitrogens is 3. The van der Waals surface area contributed by atoms with Gasteiger partial charge in [-0.25, -0.2) is 9.78 Å². The largest absolute Gasteiger partial charge is 0.338 e. The van der Waals surface area contributed by atoms with Gasteiger partial charge in [0, 0.05) is 43.3 Å². The van der Waals surface area contributed by atoms with Crippen molar-refractivity contribution in [2.24, 2.45) is 7.05 Å². The minimum Gasteiger partial charge on any atom is -0.338 e. The molecule has 0 aromatic carbocycles. The number of nitrogens with zero attached hydrogens (tertiary/aromatic N) is 3. The van der Waals surface area contributed by atoms with Crippen molar-refractivity contribution in [3.05, 3.63) is 34.0 Å². The average Bonchev–Trinajstić information content (AvgIpc) is 3.05. The highest BCUT2D eigenvalue weighted by Crippen LogP contribution is 2.20. The van der Waals surface area contributed by atoms with Gasteiger partial charge in [-0.1, -0.05) is 6.92 Å². The van der Waals surface area contributed by atoms with E-state index >= 15 is 0 Å². The molecule has 6 nitrogen and oxygen atoms in total.